The smallest absolute Gasteiger partial charge is 0.226 e. The summed E-state index contributed by atoms with van der Waals surface area (Å²) in [4.78, 5) is 14.0. The molecule has 1 saturated heterocycles. The van der Waals surface area contributed by atoms with Gasteiger partial charge in [-0.05, 0) is 28.7 Å². The molecule has 0 aromatic heterocycles. The fraction of sp³-hybridized carbons (Fsp3) is 0.353. The van der Waals surface area contributed by atoms with Crippen molar-refractivity contribution in [3.63, 3.8) is 0 Å². The normalized spacial score (nSPS) is 25.6. The Bertz CT molecular complexity index is 675. The molecule has 2 fully saturated rings. The van der Waals surface area contributed by atoms with E-state index >= 15 is 0 Å². The average molecular weight is 267 g/mol. The Morgan fingerprint density at radius 3 is 2.60 bits per heavy atom. The highest BCUT2D eigenvalue weighted by Gasteiger charge is 2.47. The standard InChI is InChI=1S/C17H17NO2/c19-14-9-18(10-14)17(20)16-8-15(16)13-6-5-11-3-1-2-4-12(11)7-13/h1-7,14-16,19H,8-10H2. The maximum atomic E-state index is 12.2. The first-order valence-electron chi connectivity index (χ1n) is 7.18. The Morgan fingerprint density at radius 2 is 1.85 bits per heavy atom. The third-order valence-electron chi connectivity index (χ3n) is 4.48. The van der Waals surface area contributed by atoms with Gasteiger partial charge in [0.1, 0.15) is 0 Å². The van der Waals surface area contributed by atoms with Gasteiger partial charge in [0.15, 0.2) is 0 Å². The van der Waals surface area contributed by atoms with E-state index in [-0.39, 0.29) is 17.9 Å². The van der Waals surface area contributed by atoms with Gasteiger partial charge in [-0.15, -0.1) is 0 Å². The van der Waals surface area contributed by atoms with Crippen molar-refractivity contribution in [2.45, 2.75) is 18.4 Å². The van der Waals surface area contributed by atoms with Crippen LogP contribution in [0.4, 0.5) is 0 Å². The number of benzene rings is 2. The van der Waals surface area contributed by atoms with E-state index in [2.05, 4.69) is 30.3 Å². The van der Waals surface area contributed by atoms with E-state index in [1.165, 1.54) is 16.3 Å². The Kier molecular flexibility index (Phi) is 2.57. The number of likely N-dealkylation sites (tertiary alicyclic amines) is 1. The number of carbonyl (C=O) groups is 1. The van der Waals surface area contributed by atoms with Crippen molar-refractivity contribution in [1.82, 2.24) is 4.90 Å². The first kappa shape index (κ1) is 11.9. The molecule has 0 spiro atoms. The molecule has 20 heavy (non-hydrogen) atoms. The molecular weight excluding hydrogens is 250 g/mol. The summed E-state index contributed by atoms with van der Waals surface area (Å²) in [6.45, 7) is 1.03. The van der Waals surface area contributed by atoms with Crippen LogP contribution in [0.1, 0.15) is 17.9 Å². The van der Waals surface area contributed by atoms with Crippen LogP contribution in [0.2, 0.25) is 0 Å². The summed E-state index contributed by atoms with van der Waals surface area (Å²) in [7, 11) is 0. The van der Waals surface area contributed by atoms with E-state index in [1.807, 2.05) is 12.1 Å². The number of hydrogen-bond acceptors (Lipinski definition) is 2. The number of nitrogens with zero attached hydrogens (tertiary/aromatic N) is 1. The molecule has 1 heterocycles. The predicted molar refractivity (Wildman–Crippen MR) is 77.4 cm³/mol. The highest BCUT2D eigenvalue weighted by atomic mass is 16.3. The SMILES string of the molecule is O=C(C1CC1c1ccc2ccccc2c1)N1CC(O)C1. The minimum atomic E-state index is -0.309. The van der Waals surface area contributed by atoms with E-state index in [1.54, 1.807) is 4.90 Å². The molecule has 1 amide bonds. The Labute approximate surface area is 117 Å². The minimum Gasteiger partial charge on any atom is -0.389 e. The first-order valence-corrected chi connectivity index (χ1v) is 7.18. The van der Waals surface area contributed by atoms with Crippen LogP contribution < -0.4 is 0 Å². The molecule has 2 atom stereocenters. The van der Waals surface area contributed by atoms with Gasteiger partial charge in [0.2, 0.25) is 5.91 Å². The van der Waals surface area contributed by atoms with Gasteiger partial charge in [0, 0.05) is 19.0 Å². The molecule has 1 aliphatic heterocycles. The van der Waals surface area contributed by atoms with Crippen LogP contribution in [0.15, 0.2) is 42.5 Å². The Hall–Kier alpha value is -1.87. The van der Waals surface area contributed by atoms with Gasteiger partial charge in [-0.3, -0.25) is 4.79 Å². The van der Waals surface area contributed by atoms with Crippen molar-refractivity contribution < 1.29 is 9.90 Å². The highest BCUT2D eigenvalue weighted by Crippen LogP contribution is 2.49. The lowest BCUT2D eigenvalue weighted by Crippen LogP contribution is -2.54. The lowest BCUT2D eigenvalue weighted by atomic mass is 10.0. The summed E-state index contributed by atoms with van der Waals surface area (Å²) >= 11 is 0. The highest BCUT2D eigenvalue weighted by molar-refractivity contribution is 5.86. The number of aliphatic hydroxyl groups excluding tert-OH is 1. The number of carbonyl (C=O) groups excluding carboxylic acids is 1. The van der Waals surface area contributed by atoms with Crippen molar-refractivity contribution in [1.29, 1.82) is 0 Å². The lowest BCUT2D eigenvalue weighted by Gasteiger charge is -2.36. The van der Waals surface area contributed by atoms with Gasteiger partial charge >= 0.3 is 0 Å². The van der Waals surface area contributed by atoms with Crippen LogP contribution in [-0.2, 0) is 4.79 Å². The first-order chi connectivity index (χ1) is 9.72. The number of fused-ring (bicyclic) bond motifs is 1. The molecule has 1 N–H and O–H groups in total. The zero-order chi connectivity index (χ0) is 13.7. The minimum absolute atomic E-state index is 0.128. The largest absolute Gasteiger partial charge is 0.389 e. The van der Waals surface area contributed by atoms with E-state index in [4.69, 9.17) is 0 Å². The quantitative estimate of drug-likeness (QED) is 0.905. The fourth-order valence-corrected chi connectivity index (χ4v) is 3.14. The molecule has 2 aliphatic rings. The van der Waals surface area contributed by atoms with Gasteiger partial charge in [-0.1, -0.05) is 42.5 Å². The summed E-state index contributed by atoms with van der Waals surface area (Å²) in [5, 5.41) is 11.8. The number of aliphatic hydroxyl groups is 1. The van der Waals surface area contributed by atoms with Gasteiger partial charge in [0.05, 0.1) is 6.10 Å². The van der Waals surface area contributed by atoms with Gasteiger partial charge in [-0.25, -0.2) is 0 Å². The van der Waals surface area contributed by atoms with Crippen LogP contribution in [0, 0.1) is 5.92 Å². The lowest BCUT2D eigenvalue weighted by molar-refractivity contribution is -0.142. The van der Waals surface area contributed by atoms with Crippen molar-refractivity contribution in [2.75, 3.05) is 13.1 Å². The second-order valence-corrected chi connectivity index (χ2v) is 5.95. The average Bonchev–Trinajstić information content (AvgIpc) is 3.23. The molecular formula is C17H17NO2. The van der Waals surface area contributed by atoms with Crippen LogP contribution in [0.3, 0.4) is 0 Å². The second-order valence-electron chi connectivity index (χ2n) is 5.95. The van der Waals surface area contributed by atoms with Crippen LogP contribution >= 0.6 is 0 Å². The van der Waals surface area contributed by atoms with E-state index in [0.717, 1.165) is 6.42 Å². The number of amides is 1. The van der Waals surface area contributed by atoms with Crippen molar-refractivity contribution in [2.24, 2.45) is 5.92 Å². The summed E-state index contributed by atoms with van der Waals surface area (Å²) in [5.74, 6) is 0.710. The maximum Gasteiger partial charge on any atom is 0.226 e. The number of rotatable bonds is 2. The summed E-state index contributed by atoms with van der Waals surface area (Å²) < 4.78 is 0. The van der Waals surface area contributed by atoms with Crippen molar-refractivity contribution in [3.8, 4) is 0 Å². The monoisotopic (exact) mass is 267 g/mol. The molecule has 2 unspecified atom stereocenters. The Morgan fingerprint density at radius 1 is 1.10 bits per heavy atom. The molecule has 1 saturated carbocycles. The van der Waals surface area contributed by atoms with Crippen LogP contribution in [-0.4, -0.2) is 35.1 Å². The third kappa shape index (κ3) is 1.90. The van der Waals surface area contributed by atoms with E-state index in [0.29, 0.717) is 19.0 Å². The fourth-order valence-electron chi connectivity index (χ4n) is 3.14. The molecule has 1 aliphatic carbocycles. The Balaban J connectivity index is 1.52. The maximum absolute atomic E-state index is 12.2. The summed E-state index contributed by atoms with van der Waals surface area (Å²) in [5.41, 5.74) is 1.27. The van der Waals surface area contributed by atoms with Crippen molar-refractivity contribution in [3.05, 3.63) is 48.0 Å². The molecule has 0 bridgehead atoms. The van der Waals surface area contributed by atoms with E-state index in [9.17, 15) is 9.90 Å². The van der Waals surface area contributed by atoms with Gasteiger partial charge < -0.3 is 10.0 Å². The van der Waals surface area contributed by atoms with Crippen LogP contribution in [0.5, 0.6) is 0 Å². The summed E-state index contributed by atoms with van der Waals surface area (Å²) in [6, 6.07) is 14.8. The molecule has 2 aromatic carbocycles. The summed E-state index contributed by atoms with van der Waals surface area (Å²) in [6.07, 6.45) is 0.640. The predicted octanol–water partition coefficient (Wildman–Crippen LogP) is 2.15. The molecule has 2 aromatic rings. The third-order valence-corrected chi connectivity index (χ3v) is 4.48. The number of hydrogen-bond donors (Lipinski definition) is 1. The molecule has 102 valence electrons. The van der Waals surface area contributed by atoms with Gasteiger partial charge in [-0.2, -0.15) is 0 Å². The molecule has 0 radical (unpaired) electrons. The van der Waals surface area contributed by atoms with Crippen molar-refractivity contribution >= 4 is 16.7 Å². The van der Waals surface area contributed by atoms with Gasteiger partial charge in [0.25, 0.3) is 0 Å². The van der Waals surface area contributed by atoms with E-state index < -0.39 is 0 Å². The molecule has 3 nitrogen and oxygen atoms in total. The topological polar surface area (TPSA) is 40.5 Å². The number of β-amino-alcohol motifs (C(OH)–C–C–N with tert-alkyl or cyclic N) is 1. The zero-order valence-electron chi connectivity index (χ0n) is 11.2. The zero-order valence-corrected chi connectivity index (χ0v) is 11.2. The molecule has 4 rings (SSSR count). The molecule has 3 heteroatoms. The van der Waals surface area contributed by atoms with Crippen LogP contribution in [0.25, 0.3) is 10.8 Å². The second kappa shape index (κ2) is 4.32.